The van der Waals surface area contributed by atoms with E-state index >= 15 is 0 Å². The van der Waals surface area contributed by atoms with Crippen molar-refractivity contribution in [2.45, 2.75) is 39.7 Å². The van der Waals surface area contributed by atoms with Gasteiger partial charge in [0, 0.05) is 12.2 Å². The van der Waals surface area contributed by atoms with Gasteiger partial charge in [0.2, 0.25) is 5.95 Å². The number of aryl methyl sites for hydroxylation is 1. The van der Waals surface area contributed by atoms with Crippen LogP contribution in [-0.2, 0) is 9.47 Å². The molecule has 2 heterocycles. The lowest BCUT2D eigenvalue weighted by Crippen LogP contribution is -2.21. The number of aromatic nitrogens is 2. The monoisotopic (exact) mass is 318 g/mol. The highest BCUT2D eigenvalue weighted by molar-refractivity contribution is 5.67. The molecule has 1 atom stereocenters. The second kappa shape index (κ2) is 8.53. The predicted molar refractivity (Wildman–Crippen MR) is 93.1 cm³/mol. The van der Waals surface area contributed by atoms with Crippen LogP contribution in [0.25, 0.3) is 6.08 Å². The molecular formula is C17H26N4O2. The van der Waals surface area contributed by atoms with Gasteiger partial charge in [-0.15, -0.1) is 0 Å². The molecule has 3 N–H and O–H groups in total. The summed E-state index contributed by atoms with van der Waals surface area (Å²) in [5, 5.41) is 3.41. The van der Waals surface area contributed by atoms with E-state index in [4.69, 9.17) is 15.2 Å². The maximum absolute atomic E-state index is 5.80. The molecular weight excluding hydrogens is 292 g/mol. The Balaban J connectivity index is 2.26. The van der Waals surface area contributed by atoms with E-state index in [1.54, 1.807) is 0 Å². The Morgan fingerprint density at radius 2 is 2.26 bits per heavy atom. The summed E-state index contributed by atoms with van der Waals surface area (Å²) in [6.45, 7) is 8.08. The Morgan fingerprint density at radius 1 is 1.43 bits per heavy atom. The minimum atomic E-state index is 0.258. The first-order valence-corrected chi connectivity index (χ1v) is 8.13. The van der Waals surface area contributed by atoms with Crippen molar-refractivity contribution in [1.29, 1.82) is 0 Å². The van der Waals surface area contributed by atoms with Gasteiger partial charge in [-0.2, -0.15) is 4.98 Å². The summed E-state index contributed by atoms with van der Waals surface area (Å²) < 4.78 is 11.0. The maximum Gasteiger partial charge on any atom is 0.222 e. The topological polar surface area (TPSA) is 82.3 Å². The molecule has 0 aromatic carbocycles. The third-order valence-corrected chi connectivity index (χ3v) is 3.55. The smallest absolute Gasteiger partial charge is 0.222 e. The van der Waals surface area contributed by atoms with Gasteiger partial charge in [0.1, 0.15) is 11.6 Å². The van der Waals surface area contributed by atoms with Gasteiger partial charge < -0.3 is 20.5 Å². The van der Waals surface area contributed by atoms with Crippen LogP contribution in [0.3, 0.4) is 0 Å². The zero-order valence-electron chi connectivity index (χ0n) is 14.1. The summed E-state index contributed by atoms with van der Waals surface area (Å²) in [5.41, 5.74) is 7.56. The molecule has 0 spiro atoms. The molecule has 0 amide bonds. The quantitative estimate of drug-likeness (QED) is 0.594. The van der Waals surface area contributed by atoms with Crippen molar-refractivity contribution < 1.29 is 9.47 Å². The van der Waals surface area contributed by atoms with Crippen molar-refractivity contribution in [2.75, 3.05) is 30.9 Å². The summed E-state index contributed by atoms with van der Waals surface area (Å²) in [5.74, 6) is 1.87. The van der Waals surface area contributed by atoms with Crippen LogP contribution in [0.15, 0.2) is 17.9 Å². The van der Waals surface area contributed by atoms with Crippen molar-refractivity contribution in [2.24, 2.45) is 0 Å². The molecule has 0 bridgehead atoms. The first-order chi connectivity index (χ1) is 11.1. The molecule has 0 radical (unpaired) electrons. The normalized spacial score (nSPS) is 18.6. The Morgan fingerprint density at radius 3 is 2.91 bits per heavy atom. The average Bonchev–Trinajstić information content (AvgIpc) is 2.99. The lowest BCUT2D eigenvalue weighted by Gasteiger charge is -2.15. The third-order valence-electron chi connectivity index (χ3n) is 3.55. The number of hydrogen-bond donors (Lipinski definition) is 2. The van der Waals surface area contributed by atoms with Gasteiger partial charge >= 0.3 is 0 Å². The molecule has 6 heteroatoms. The van der Waals surface area contributed by atoms with E-state index in [2.05, 4.69) is 22.2 Å². The van der Waals surface area contributed by atoms with Crippen LogP contribution >= 0.6 is 0 Å². The van der Waals surface area contributed by atoms with Gasteiger partial charge in [-0.3, -0.25) is 0 Å². The van der Waals surface area contributed by atoms with E-state index in [1.807, 2.05) is 32.1 Å². The van der Waals surface area contributed by atoms with Crippen LogP contribution in [0.5, 0.6) is 0 Å². The van der Waals surface area contributed by atoms with Crippen molar-refractivity contribution in [1.82, 2.24) is 9.97 Å². The Labute approximate surface area is 137 Å². The fourth-order valence-electron chi connectivity index (χ4n) is 2.46. The summed E-state index contributed by atoms with van der Waals surface area (Å²) in [6, 6.07) is 0.258. The van der Waals surface area contributed by atoms with Crippen molar-refractivity contribution >= 4 is 17.8 Å². The van der Waals surface area contributed by atoms with E-state index in [1.165, 1.54) is 0 Å². The van der Waals surface area contributed by atoms with Crippen LogP contribution in [-0.4, -0.2) is 35.8 Å². The molecule has 1 aromatic rings. The molecule has 1 unspecified atom stereocenters. The highest BCUT2D eigenvalue weighted by Crippen LogP contribution is 2.22. The predicted octanol–water partition coefficient (Wildman–Crippen LogP) is 2.91. The lowest BCUT2D eigenvalue weighted by molar-refractivity contribution is 0.195. The molecule has 0 saturated carbocycles. The molecule has 1 fully saturated rings. The molecule has 1 aliphatic heterocycles. The fourth-order valence-corrected chi connectivity index (χ4v) is 2.46. The van der Waals surface area contributed by atoms with Crippen LogP contribution < -0.4 is 11.1 Å². The highest BCUT2D eigenvalue weighted by atomic mass is 16.5. The minimum Gasteiger partial charge on any atom is -0.494 e. The number of nitrogens with two attached hydrogens (primary N) is 1. The van der Waals surface area contributed by atoms with Crippen molar-refractivity contribution in [3.8, 4) is 0 Å². The number of allylic oxidation sites excluding steroid dienone is 2. The van der Waals surface area contributed by atoms with E-state index in [0.717, 1.165) is 42.3 Å². The number of nitrogens with one attached hydrogen (secondary N) is 1. The molecule has 1 saturated heterocycles. The first-order valence-electron chi connectivity index (χ1n) is 8.13. The zero-order chi connectivity index (χ0) is 16.7. The SMILES string of the molecule is CC/C=C(\C=C\c1c(C)nc(N)nc1NC1CCOC1)OCC. The molecule has 2 rings (SSSR count). The molecule has 1 aliphatic rings. The molecule has 0 aliphatic carbocycles. The van der Waals surface area contributed by atoms with E-state index in [-0.39, 0.29) is 12.0 Å². The van der Waals surface area contributed by atoms with Gasteiger partial charge in [-0.25, -0.2) is 4.98 Å². The Bertz CT molecular complexity index is 578. The van der Waals surface area contributed by atoms with Crippen molar-refractivity contribution in [3.05, 3.63) is 29.2 Å². The highest BCUT2D eigenvalue weighted by Gasteiger charge is 2.18. The molecule has 23 heavy (non-hydrogen) atoms. The van der Waals surface area contributed by atoms with E-state index in [9.17, 15) is 0 Å². The molecule has 1 aromatic heterocycles. The van der Waals surface area contributed by atoms with E-state index < -0.39 is 0 Å². The number of ether oxygens (including phenoxy) is 2. The van der Waals surface area contributed by atoms with Gasteiger partial charge in [0.25, 0.3) is 0 Å². The molecule has 6 nitrogen and oxygen atoms in total. The minimum absolute atomic E-state index is 0.258. The fraction of sp³-hybridized carbons (Fsp3) is 0.529. The van der Waals surface area contributed by atoms with Crippen LogP contribution in [0.1, 0.15) is 37.9 Å². The van der Waals surface area contributed by atoms with E-state index in [0.29, 0.717) is 13.2 Å². The Hall–Kier alpha value is -2.08. The summed E-state index contributed by atoms with van der Waals surface area (Å²) in [7, 11) is 0. The standard InChI is InChI=1S/C17H26N4O2/c1-4-6-14(23-5-2)7-8-15-12(3)19-17(18)21-16(15)20-13-9-10-22-11-13/h6-8,13H,4-5,9-11H2,1-3H3,(H3,18,19,20,21)/b8-7+,14-6+. The van der Waals surface area contributed by atoms with Gasteiger partial charge in [-0.05, 0) is 44.9 Å². The second-order valence-corrected chi connectivity index (χ2v) is 5.42. The van der Waals surface area contributed by atoms with Gasteiger partial charge in [0.05, 0.1) is 24.9 Å². The average molecular weight is 318 g/mol. The number of nitrogens with zero attached hydrogens (tertiary/aromatic N) is 2. The first kappa shape index (κ1) is 17.3. The Kier molecular flexibility index (Phi) is 6.40. The van der Waals surface area contributed by atoms with Gasteiger partial charge in [-0.1, -0.05) is 6.92 Å². The van der Waals surface area contributed by atoms with Gasteiger partial charge in [0.15, 0.2) is 0 Å². The largest absolute Gasteiger partial charge is 0.494 e. The third kappa shape index (κ3) is 4.96. The molecule has 126 valence electrons. The summed E-state index contributed by atoms with van der Waals surface area (Å²) in [6.07, 6.45) is 7.86. The van der Waals surface area contributed by atoms with Crippen LogP contribution in [0.4, 0.5) is 11.8 Å². The zero-order valence-corrected chi connectivity index (χ0v) is 14.1. The number of nitrogen functional groups attached to an aromatic ring is 1. The maximum atomic E-state index is 5.80. The number of hydrogen-bond acceptors (Lipinski definition) is 6. The van der Waals surface area contributed by atoms with Crippen molar-refractivity contribution in [3.63, 3.8) is 0 Å². The van der Waals surface area contributed by atoms with Crippen LogP contribution in [0, 0.1) is 6.92 Å². The number of anilines is 2. The van der Waals surface area contributed by atoms with Crippen LogP contribution in [0.2, 0.25) is 0 Å². The lowest BCUT2D eigenvalue weighted by atomic mass is 10.1. The number of rotatable bonds is 7. The second-order valence-electron chi connectivity index (χ2n) is 5.42. The summed E-state index contributed by atoms with van der Waals surface area (Å²) in [4.78, 5) is 8.62. The summed E-state index contributed by atoms with van der Waals surface area (Å²) >= 11 is 0.